The number of hydrogen-bond acceptors (Lipinski definition) is 7. The van der Waals surface area contributed by atoms with E-state index >= 15 is 0 Å². The number of aryl methyl sites for hydroxylation is 2. The molecule has 0 saturated heterocycles. The Morgan fingerprint density at radius 2 is 2.00 bits per heavy atom. The number of hydrogen-bond donors (Lipinski definition) is 1. The number of carbonyl (C=O) groups excluding carboxylic acids is 2. The van der Waals surface area contributed by atoms with Gasteiger partial charge in [-0.05, 0) is 31.0 Å². The van der Waals surface area contributed by atoms with Crippen LogP contribution in [0.1, 0.15) is 20.8 Å². The van der Waals surface area contributed by atoms with Crippen molar-refractivity contribution in [3.63, 3.8) is 0 Å². The van der Waals surface area contributed by atoms with Gasteiger partial charge in [-0.1, -0.05) is 11.6 Å². The van der Waals surface area contributed by atoms with Crippen molar-refractivity contribution in [2.24, 2.45) is 0 Å². The van der Waals surface area contributed by atoms with Crippen molar-refractivity contribution in [2.45, 2.75) is 20.4 Å². The fraction of sp³-hybridized carbons (Fsp3) is 0.263. The summed E-state index contributed by atoms with van der Waals surface area (Å²) >= 11 is 7.16. The van der Waals surface area contributed by atoms with Gasteiger partial charge >= 0.3 is 5.97 Å². The Morgan fingerprint density at radius 3 is 2.66 bits per heavy atom. The van der Waals surface area contributed by atoms with Crippen LogP contribution in [0.3, 0.4) is 0 Å². The minimum Gasteiger partial charge on any atom is -0.495 e. The van der Waals surface area contributed by atoms with Gasteiger partial charge in [0.25, 0.3) is 5.56 Å². The van der Waals surface area contributed by atoms with Crippen molar-refractivity contribution >= 4 is 50.7 Å². The number of thiophene rings is 1. The molecule has 2 heterocycles. The molecule has 29 heavy (non-hydrogen) atoms. The molecule has 0 unspecified atom stereocenters. The second-order valence-corrected chi connectivity index (χ2v) is 7.66. The first-order valence-electron chi connectivity index (χ1n) is 8.47. The van der Waals surface area contributed by atoms with Gasteiger partial charge in [-0.15, -0.1) is 11.3 Å². The van der Waals surface area contributed by atoms with Gasteiger partial charge in [0.05, 0.1) is 31.6 Å². The largest absolute Gasteiger partial charge is 0.495 e. The molecule has 152 valence electrons. The summed E-state index contributed by atoms with van der Waals surface area (Å²) in [7, 11) is 2.74. The van der Waals surface area contributed by atoms with E-state index in [4.69, 9.17) is 21.1 Å². The van der Waals surface area contributed by atoms with Crippen LogP contribution in [0.2, 0.25) is 5.02 Å². The highest BCUT2D eigenvalue weighted by Crippen LogP contribution is 2.31. The summed E-state index contributed by atoms with van der Waals surface area (Å²) in [5.74, 6) is -0.556. The van der Waals surface area contributed by atoms with Crippen LogP contribution in [-0.2, 0) is 16.1 Å². The zero-order valence-electron chi connectivity index (χ0n) is 16.2. The van der Waals surface area contributed by atoms with Gasteiger partial charge in [-0.3, -0.25) is 14.2 Å². The van der Waals surface area contributed by atoms with Crippen LogP contribution in [0.15, 0.2) is 23.3 Å². The van der Waals surface area contributed by atoms with Crippen LogP contribution in [0, 0.1) is 13.8 Å². The molecule has 1 N–H and O–H groups in total. The Bertz CT molecular complexity index is 1180. The highest BCUT2D eigenvalue weighted by Gasteiger charge is 2.20. The number of amides is 1. The summed E-state index contributed by atoms with van der Waals surface area (Å²) in [6.45, 7) is 3.20. The lowest BCUT2D eigenvalue weighted by Gasteiger charge is -2.13. The van der Waals surface area contributed by atoms with Gasteiger partial charge in [0.2, 0.25) is 5.91 Å². The number of benzene rings is 1. The summed E-state index contributed by atoms with van der Waals surface area (Å²) < 4.78 is 11.2. The predicted octanol–water partition coefficient (Wildman–Crippen LogP) is 3.16. The van der Waals surface area contributed by atoms with E-state index in [0.29, 0.717) is 37.1 Å². The topological polar surface area (TPSA) is 99.5 Å². The molecule has 0 fully saturated rings. The molecule has 0 aliphatic rings. The molecule has 1 amide bonds. The number of halogens is 1. The first kappa shape index (κ1) is 20.8. The van der Waals surface area contributed by atoms with E-state index in [1.54, 1.807) is 26.0 Å². The zero-order valence-corrected chi connectivity index (χ0v) is 17.7. The minimum absolute atomic E-state index is 0.255. The third-order valence-electron chi connectivity index (χ3n) is 4.36. The van der Waals surface area contributed by atoms with Crippen molar-refractivity contribution in [3.8, 4) is 5.75 Å². The highest BCUT2D eigenvalue weighted by atomic mass is 35.5. The number of ether oxygens (including phenoxy) is 2. The Kier molecular flexibility index (Phi) is 5.90. The van der Waals surface area contributed by atoms with E-state index in [9.17, 15) is 14.4 Å². The van der Waals surface area contributed by atoms with Crippen LogP contribution in [-0.4, -0.2) is 35.6 Å². The van der Waals surface area contributed by atoms with E-state index < -0.39 is 17.4 Å². The fourth-order valence-electron chi connectivity index (χ4n) is 2.83. The molecule has 10 heteroatoms. The number of fused-ring (bicyclic) bond motifs is 1. The maximum absolute atomic E-state index is 12.8. The molecular weight excluding hydrogens is 418 g/mol. The zero-order chi connectivity index (χ0) is 21.3. The number of nitrogens with zero attached hydrogens (tertiary/aromatic N) is 2. The number of carbonyl (C=O) groups is 2. The number of aromatic nitrogens is 2. The number of esters is 1. The lowest BCUT2D eigenvalue weighted by atomic mass is 10.2. The molecule has 0 aliphatic carbocycles. The Hall–Kier alpha value is -2.91. The summed E-state index contributed by atoms with van der Waals surface area (Å²) in [6.07, 6.45) is 1.28. The van der Waals surface area contributed by atoms with Gasteiger partial charge in [0.1, 0.15) is 22.0 Å². The maximum atomic E-state index is 12.8. The molecule has 8 nitrogen and oxygen atoms in total. The van der Waals surface area contributed by atoms with Gasteiger partial charge in [-0.25, -0.2) is 9.78 Å². The van der Waals surface area contributed by atoms with E-state index in [1.807, 2.05) is 0 Å². The normalized spacial score (nSPS) is 10.8. The van der Waals surface area contributed by atoms with E-state index in [1.165, 1.54) is 25.1 Å². The minimum atomic E-state index is -0.528. The van der Waals surface area contributed by atoms with Gasteiger partial charge in [0, 0.05) is 11.1 Å². The van der Waals surface area contributed by atoms with Crippen molar-refractivity contribution in [1.29, 1.82) is 0 Å². The predicted molar refractivity (Wildman–Crippen MR) is 111 cm³/mol. The first-order chi connectivity index (χ1) is 13.8. The molecule has 0 atom stereocenters. The van der Waals surface area contributed by atoms with Gasteiger partial charge in [0.15, 0.2) is 0 Å². The molecular formula is C19H18ClN3O5S. The molecule has 3 aromatic rings. The van der Waals surface area contributed by atoms with Crippen LogP contribution in [0.25, 0.3) is 10.2 Å². The average molecular weight is 436 g/mol. The summed E-state index contributed by atoms with van der Waals surface area (Å²) in [5, 5.41) is 3.53. The van der Waals surface area contributed by atoms with E-state index in [-0.39, 0.29) is 6.54 Å². The van der Waals surface area contributed by atoms with Crippen molar-refractivity contribution < 1.29 is 19.1 Å². The third kappa shape index (κ3) is 3.96. The molecule has 0 radical (unpaired) electrons. The average Bonchev–Trinajstić information content (AvgIpc) is 3.03. The Morgan fingerprint density at radius 1 is 1.28 bits per heavy atom. The third-order valence-corrected chi connectivity index (χ3v) is 5.94. The standard InChI is InChI=1S/C19H18ClN3O5S/c1-9-5-12(13(27-3)6-11(9)20)22-14(24)7-23-8-21-17-15(18(23)25)10(2)16(29-17)19(26)28-4/h5-6,8H,7H2,1-4H3,(H,22,24). The second kappa shape index (κ2) is 8.22. The van der Waals surface area contributed by atoms with E-state index in [0.717, 1.165) is 16.9 Å². The maximum Gasteiger partial charge on any atom is 0.348 e. The van der Waals surface area contributed by atoms with Crippen LogP contribution >= 0.6 is 22.9 Å². The SMILES string of the molecule is COC(=O)c1sc2ncn(CC(=O)Nc3cc(C)c(Cl)cc3OC)c(=O)c2c1C. The number of nitrogens with one attached hydrogen (secondary N) is 1. The van der Waals surface area contributed by atoms with Crippen LogP contribution in [0.4, 0.5) is 5.69 Å². The summed E-state index contributed by atoms with van der Waals surface area (Å²) in [4.78, 5) is 42.2. The lowest BCUT2D eigenvalue weighted by molar-refractivity contribution is -0.116. The monoisotopic (exact) mass is 435 g/mol. The highest BCUT2D eigenvalue weighted by molar-refractivity contribution is 7.20. The fourth-order valence-corrected chi connectivity index (χ4v) is 4.04. The van der Waals surface area contributed by atoms with Crippen LogP contribution < -0.4 is 15.6 Å². The van der Waals surface area contributed by atoms with Crippen LogP contribution in [0.5, 0.6) is 5.75 Å². The van der Waals surface area contributed by atoms with Crippen molar-refractivity contribution in [3.05, 3.63) is 49.8 Å². The number of rotatable bonds is 5. The Balaban J connectivity index is 1.91. The summed E-state index contributed by atoms with van der Waals surface area (Å²) in [6, 6.07) is 3.30. The molecule has 0 bridgehead atoms. The molecule has 0 spiro atoms. The first-order valence-corrected chi connectivity index (χ1v) is 9.67. The van der Waals surface area contributed by atoms with Crippen molar-refractivity contribution in [1.82, 2.24) is 9.55 Å². The number of methoxy groups -OCH3 is 2. The van der Waals surface area contributed by atoms with Gasteiger partial charge < -0.3 is 14.8 Å². The molecule has 0 aliphatic heterocycles. The summed E-state index contributed by atoms with van der Waals surface area (Å²) in [5.41, 5.74) is 1.29. The molecule has 0 saturated carbocycles. The lowest BCUT2D eigenvalue weighted by Crippen LogP contribution is -2.28. The molecule has 1 aromatic carbocycles. The van der Waals surface area contributed by atoms with Crippen molar-refractivity contribution in [2.75, 3.05) is 19.5 Å². The second-order valence-electron chi connectivity index (χ2n) is 6.26. The van der Waals surface area contributed by atoms with Gasteiger partial charge in [-0.2, -0.15) is 0 Å². The quantitative estimate of drug-likeness (QED) is 0.618. The molecule has 3 rings (SSSR count). The Labute approximate surface area is 175 Å². The van der Waals surface area contributed by atoms with E-state index in [2.05, 4.69) is 10.3 Å². The smallest absolute Gasteiger partial charge is 0.348 e. The number of anilines is 1. The molecule has 2 aromatic heterocycles.